The lowest BCUT2D eigenvalue weighted by Crippen LogP contribution is -2.33. The molecule has 0 aliphatic carbocycles. The molecule has 0 spiro atoms. The first-order chi connectivity index (χ1) is 13.5. The Hall–Kier alpha value is 0.540. The Kier molecular flexibility index (Phi) is 21.2. The van der Waals surface area contributed by atoms with Gasteiger partial charge in [0.1, 0.15) is 8.30 Å². The highest BCUT2D eigenvalue weighted by atomic mass is 33.1. The fourth-order valence-electron chi connectivity index (χ4n) is 3.17. The Bertz CT molecular complexity index is 370. The van der Waals surface area contributed by atoms with Crippen LogP contribution in [0, 0.1) is 11.3 Å². The summed E-state index contributed by atoms with van der Waals surface area (Å²) >= 11 is 0. The van der Waals surface area contributed by atoms with Crippen LogP contribution in [0.2, 0.25) is 0 Å². The molecule has 0 saturated heterocycles. The lowest BCUT2D eigenvalue weighted by atomic mass is 10.2. The van der Waals surface area contributed by atoms with Gasteiger partial charge in [-0.1, -0.05) is 67.0 Å². The van der Waals surface area contributed by atoms with Crippen molar-refractivity contribution in [3.63, 3.8) is 0 Å². The number of hydrogen-bond donors (Lipinski definition) is 0. The molecule has 1 unspecified atom stereocenters. The van der Waals surface area contributed by atoms with E-state index in [2.05, 4.69) is 66.9 Å². The second kappa shape index (κ2) is 20.8. The first-order valence-electron chi connectivity index (χ1n) is 11.3. The molecule has 0 saturated carbocycles. The third-order valence-corrected chi connectivity index (χ3v) is 9.61. The molecular formula is C22H45N2OPS2. The van der Waals surface area contributed by atoms with Crippen molar-refractivity contribution in [3.8, 4) is 6.07 Å². The smallest absolute Gasteiger partial charge is 0.105 e. The largest absolute Gasteiger partial charge is 0.343 e. The first kappa shape index (κ1) is 28.5. The van der Waals surface area contributed by atoms with E-state index < -0.39 is 8.30 Å². The van der Waals surface area contributed by atoms with Gasteiger partial charge in [-0.3, -0.25) is 4.67 Å². The minimum atomic E-state index is -0.646. The third kappa shape index (κ3) is 16.3. The molecule has 0 aliphatic rings. The fourth-order valence-corrected chi connectivity index (χ4v) is 7.62. The van der Waals surface area contributed by atoms with Crippen molar-refractivity contribution in [2.24, 2.45) is 0 Å². The molecule has 0 aromatic carbocycles. The Labute approximate surface area is 185 Å². The van der Waals surface area contributed by atoms with E-state index in [9.17, 15) is 0 Å². The van der Waals surface area contributed by atoms with Gasteiger partial charge < -0.3 is 4.52 Å². The Morgan fingerprint density at radius 2 is 1.39 bits per heavy atom. The van der Waals surface area contributed by atoms with Gasteiger partial charge in [0, 0.05) is 36.2 Å². The summed E-state index contributed by atoms with van der Waals surface area (Å²) in [4.78, 5) is 0. The van der Waals surface area contributed by atoms with Gasteiger partial charge in [0.05, 0.1) is 12.7 Å². The molecule has 1 atom stereocenters. The quantitative estimate of drug-likeness (QED) is 0.106. The van der Waals surface area contributed by atoms with Crippen LogP contribution >= 0.6 is 29.9 Å². The molecule has 0 heterocycles. The summed E-state index contributed by atoms with van der Waals surface area (Å²) in [6, 6.07) is 3.22. The van der Waals surface area contributed by atoms with Crippen molar-refractivity contribution in [1.82, 2.24) is 4.67 Å². The van der Waals surface area contributed by atoms with Crippen LogP contribution in [0.3, 0.4) is 0 Å². The number of unbranched alkanes of at least 4 members (excludes halogenated alkanes) is 7. The van der Waals surface area contributed by atoms with Crippen LogP contribution < -0.4 is 0 Å². The highest BCUT2D eigenvalue weighted by molar-refractivity contribution is 8.76. The molecule has 0 amide bonds. The first-order valence-corrected chi connectivity index (χ1v) is 15.2. The summed E-state index contributed by atoms with van der Waals surface area (Å²) in [7, 11) is 3.47. The molecule has 0 bridgehead atoms. The topological polar surface area (TPSA) is 36.3 Å². The number of rotatable bonds is 20. The predicted molar refractivity (Wildman–Crippen MR) is 132 cm³/mol. The van der Waals surface area contributed by atoms with Gasteiger partial charge in [-0.15, -0.1) is 0 Å². The minimum absolute atomic E-state index is 0.464. The minimum Gasteiger partial charge on any atom is -0.343 e. The maximum Gasteiger partial charge on any atom is 0.105 e. The summed E-state index contributed by atoms with van der Waals surface area (Å²) < 4.78 is 8.72. The van der Waals surface area contributed by atoms with E-state index >= 15 is 0 Å². The van der Waals surface area contributed by atoms with Gasteiger partial charge in [-0.05, 0) is 47.0 Å². The van der Waals surface area contributed by atoms with E-state index in [1.54, 1.807) is 0 Å². The number of nitrogens with zero attached hydrogens (tertiary/aromatic N) is 2. The summed E-state index contributed by atoms with van der Waals surface area (Å²) in [6.07, 6.45) is 13.4. The molecule has 0 rings (SSSR count). The molecule has 0 radical (unpaired) electrons. The molecule has 0 N–H and O–H groups in total. The normalized spacial score (nSPS) is 12.8. The Morgan fingerprint density at radius 3 is 1.89 bits per heavy atom. The van der Waals surface area contributed by atoms with E-state index in [1.807, 2.05) is 0 Å². The molecule has 0 aliphatic heterocycles. The summed E-state index contributed by atoms with van der Waals surface area (Å²) in [5.41, 5.74) is 0. The van der Waals surface area contributed by atoms with Crippen molar-refractivity contribution in [3.05, 3.63) is 0 Å². The Balaban J connectivity index is 3.70. The molecular weight excluding hydrogens is 403 g/mol. The van der Waals surface area contributed by atoms with Crippen LogP contribution in [0.5, 0.6) is 0 Å². The van der Waals surface area contributed by atoms with Crippen molar-refractivity contribution in [2.75, 3.05) is 24.3 Å². The maximum absolute atomic E-state index is 8.95. The van der Waals surface area contributed by atoms with Crippen LogP contribution in [-0.4, -0.2) is 41.0 Å². The monoisotopic (exact) mass is 448 g/mol. The molecule has 0 fully saturated rings. The van der Waals surface area contributed by atoms with Crippen molar-refractivity contribution >= 4 is 29.9 Å². The number of nitriles is 1. The summed E-state index contributed by atoms with van der Waals surface area (Å²) in [5, 5.41) is 8.95. The summed E-state index contributed by atoms with van der Waals surface area (Å²) in [5.74, 6) is 2.60. The van der Waals surface area contributed by atoms with E-state index in [4.69, 9.17) is 9.79 Å². The zero-order chi connectivity index (χ0) is 21.0. The van der Waals surface area contributed by atoms with Crippen molar-refractivity contribution in [2.45, 2.75) is 111 Å². The molecule has 166 valence electrons. The highest BCUT2D eigenvalue weighted by Crippen LogP contribution is 2.45. The van der Waals surface area contributed by atoms with Crippen LogP contribution in [0.15, 0.2) is 0 Å². The van der Waals surface area contributed by atoms with Crippen molar-refractivity contribution < 1.29 is 4.52 Å². The molecule has 28 heavy (non-hydrogen) atoms. The molecule has 0 aromatic heterocycles. The molecule has 3 nitrogen and oxygen atoms in total. The van der Waals surface area contributed by atoms with Gasteiger partial charge in [-0.25, -0.2) is 0 Å². The highest BCUT2D eigenvalue weighted by Gasteiger charge is 2.24. The van der Waals surface area contributed by atoms with Crippen LogP contribution in [-0.2, 0) is 4.52 Å². The summed E-state index contributed by atoms with van der Waals surface area (Å²) in [6.45, 7) is 12.0. The standard InChI is InChI=1S/C22H45N2OPS2/c1-6-7-8-10-13-19-27-28-20-14-11-9-12-17-25-26(18-15-16-23)24(21(2)3)22(4)5/h21-22H,6-15,17-20H2,1-5H3. The van der Waals surface area contributed by atoms with Gasteiger partial charge in [0.2, 0.25) is 0 Å². The maximum atomic E-state index is 8.95. The zero-order valence-corrected chi connectivity index (χ0v) is 21.6. The lowest BCUT2D eigenvalue weighted by molar-refractivity contribution is 0.249. The Morgan fingerprint density at radius 1 is 0.857 bits per heavy atom. The van der Waals surface area contributed by atoms with E-state index in [-0.39, 0.29) is 0 Å². The zero-order valence-electron chi connectivity index (χ0n) is 19.1. The van der Waals surface area contributed by atoms with Crippen LogP contribution in [0.1, 0.15) is 98.8 Å². The molecule has 6 heteroatoms. The fraction of sp³-hybridized carbons (Fsp3) is 0.955. The van der Waals surface area contributed by atoms with Crippen LogP contribution in [0.4, 0.5) is 0 Å². The van der Waals surface area contributed by atoms with Crippen LogP contribution in [0.25, 0.3) is 0 Å². The average molecular weight is 449 g/mol. The van der Waals surface area contributed by atoms with Gasteiger partial charge >= 0.3 is 0 Å². The number of hydrogen-bond acceptors (Lipinski definition) is 5. The second-order valence-corrected chi connectivity index (χ2v) is 12.4. The van der Waals surface area contributed by atoms with E-state index in [0.29, 0.717) is 18.5 Å². The average Bonchev–Trinajstić information content (AvgIpc) is 2.65. The van der Waals surface area contributed by atoms with E-state index in [0.717, 1.165) is 19.2 Å². The molecule has 0 aromatic rings. The second-order valence-electron chi connectivity index (χ2n) is 7.86. The third-order valence-electron chi connectivity index (χ3n) is 4.51. The van der Waals surface area contributed by atoms with E-state index in [1.165, 1.54) is 62.9 Å². The van der Waals surface area contributed by atoms with Gasteiger partial charge in [0.15, 0.2) is 0 Å². The SMILES string of the molecule is CCCCCCCSSCCCCCCOP(CCC#N)N(C(C)C)C(C)C. The van der Waals surface area contributed by atoms with Gasteiger partial charge in [0.25, 0.3) is 0 Å². The van der Waals surface area contributed by atoms with Crippen molar-refractivity contribution in [1.29, 1.82) is 5.26 Å². The van der Waals surface area contributed by atoms with Gasteiger partial charge in [-0.2, -0.15) is 5.26 Å². The lowest BCUT2D eigenvalue weighted by Gasteiger charge is -2.37. The predicted octanol–water partition coefficient (Wildman–Crippen LogP) is 8.26.